The van der Waals surface area contributed by atoms with Crippen LogP contribution in [0.5, 0.6) is 0 Å². The summed E-state index contributed by atoms with van der Waals surface area (Å²) in [7, 11) is 0. The minimum Gasteiger partial charge on any atom is 0 e. The van der Waals surface area contributed by atoms with E-state index in [-0.39, 0.29) is 118 Å². The predicted molar refractivity (Wildman–Crippen MR) is 17.1 cm³/mol. The second-order valence-electron chi connectivity index (χ2n) is 0. The average Bonchev–Trinajstić information content (AvgIpc) is 0. The Morgan fingerprint density at radius 1 is 1.00 bits per heavy atom. The van der Waals surface area contributed by atoms with Crippen molar-refractivity contribution in [3.63, 3.8) is 0 Å². The maximum Gasteiger partial charge on any atom is 0 e. The Hall–Kier alpha value is 3.74. The first-order valence-electron chi connectivity index (χ1n) is 0. The van der Waals surface area contributed by atoms with Crippen molar-refractivity contribution in [1.82, 2.24) is 0 Å². The average molecular weight is 494 g/mol. The van der Waals surface area contributed by atoms with Crippen molar-refractivity contribution < 1.29 is 72.7 Å². The molecule has 0 atom stereocenters. The summed E-state index contributed by atoms with van der Waals surface area (Å²) in [5.41, 5.74) is 0. The fourth-order valence-electron chi connectivity index (χ4n) is 0. The molecule has 3 radical (unpaired) electrons. The normalized spacial score (nSPS) is 0. The van der Waals surface area contributed by atoms with Gasteiger partial charge in [0.1, 0.15) is 0 Å². The Kier molecular flexibility index (Phi) is 332. The Morgan fingerprint density at radius 3 is 1.00 bits per heavy atom. The van der Waals surface area contributed by atoms with E-state index in [0.717, 1.165) is 0 Å². The van der Waals surface area contributed by atoms with E-state index in [1.807, 2.05) is 0 Å². The fraction of sp³-hybridized carbons (Fsp3) is 0. The second-order valence-corrected chi connectivity index (χ2v) is 0. The molecule has 0 amide bonds. The van der Waals surface area contributed by atoms with Gasteiger partial charge in [0.2, 0.25) is 0 Å². The molecule has 0 fully saturated rings. The van der Waals surface area contributed by atoms with Crippen LogP contribution >= 0.6 is 0 Å². The van der Waals surface area contributed by atoms with Crippen LogP contribution in [0, 0.1) is 0 Å². The predicted octanol–water partition coefficient (Wildman–Crippen LogP) is -1.84. The second kappa shape index (κ2) is 37.4. The van der Waals surface area contributed by atoms with Gasteiger partial charge in [0, 0.05) is 72.7 Å². The largest absolute Gasteiger partial charge is 0 e. The van der Waals surface area contributed by atoms with Gasteiger partial charge in [-0.1, -0.05) is 0 Å². The topological polar surface area (TPSA) is 0 Å². The molecular formula is H4BiCoCuLiNbNi. The molecule has 0 N–H and O–H groups in total. The minimum atomic E-state index is 0. The van der Waals surface area contributed by atoms with E-state index in [2.05, 4.69) is 0 Å². The van der Waals surface area contributed by atoms with Gasteiger partial charge in [0.05, 0.1) is 0 Å². The van der Waals surface area contributed by atoms with Crippen LogP contribution in [0.4, 0.5) is 0 Å². The number of rotatable bonds is 0. The molecule has 6 heteroatoms. The third-order valence-electron chi connectivity index (χ3n) is 0. The van der Waals surface area contributed by atoms with Crippen molar-refractivity contribution in [2.24, 2.45) is 0 Å². The molecule has 0 heterocycles. The summed E-state index contributed by atoms with van der Waals surface area (Å²) in [4.78, 5) is 0. The summed E-state index contributed by atoms with van der Waals surface area (Å²) in [6.45, 7) is 0. The molecule has 6 heavy (non-hydrogen) atoms. The molecule has 0 nitrogen and oxygen atoms in total. The summed E-state index contributed by atoms with van der Waals surface area (Å²) in [5.74, 6) is 0. The fourth-order valence-corrected chi connectivity index (χ4v) is 0. The van der Waals surface area contributed by atoms with Gasteiger partial charge >= 0.3 is 45.1 Å². The Balaban J connectivity index is 0. The van der Waals surface area contributed by atoms with Gasteiger partial charge in [0.25, 0.3) is 0 Å². The van der Waals surface area contributed by atoms with Gasteiger partial charge in [-0.2, -0.15) is 0 Å². The van der Waals surface area contributed by atoms with Crippen molar-refractivity contribution in [1.29, 1.82) is 0 Å². The quantitative estimate of drug-likeness (QED) is 0.348. The standard InChI is InChI=1S/Bi.Co.Cu.Li.Nb.Ni.4H. The molecule has 0 rings (SSSR count). The molecule has 0 unspecified atom stereocenters. The van der Waals surface area contributed by atoms with Gasteiger partial charge in [-0.25, -0.2) is 0 Å². The molecule has 0 aliphatic heterocycles. The number of hydrogen-bond acceptors (Lipinski definition) is 0. The first-order valence-corrected chi connectivity index (χ1v) is 0. The molecule has 0 saturated carbocycles. The zero-order valence-electron chi connectivity index (χ0n) is 2.11. The molecule has 0 bridgehead atoms. The zero-order valence-corrected chi connectivity index (χ0v) is 12.8. The van der Waals surface area contributed by atoms with E-state index in [1.165, 1.54) is 0 Å². The molecule has 0 aromatic rings. The molecular weight excluding hydrogens is 490 g/mol. The van der Waals surface area contributed by atoms with Crippen molar-refractivity contribution >= 4 is 45.1 Å². The van der Waals surface area contributed by atoms with E-state index in [4.69, 9.17) is 0 Å². The van der Waals surface area contributed by atoms with Crippen molar-refractivity contribution in [3.05, 3.63) is 0 Å². The zero-order chi connectivity index (χ0) is 0. The Labute approximate surface area is 116 Å². The minimum absolute atomic E-state index is 0. The smallest absolute Gasteiger partial charge is 0 e. The van der Waals surface area contributed by atoms with Crippen molar-refractivity contribution in [2.45, 2.75) is 0 Å². The molecule has 0 aromatic heterocycles. The monoisotopic (exact) mass is 493 g/mol. The van der Waals surface area contributed by atoms with E-state index in [0.29, 0.717) is 0 Å². The van der Waals surface area contributed by atoms with E-state index in [1.54, 1.807) is 0 Å². The van der Waals surface area contributed by atoms with Crippen LogP contribution in [-0.2, 0) is 72.7 Å². The Bertz CT molecular complexity index is 15.5. The molecule has 0 aliphatic rings. The maximum atomic E-state index is 0. The SMILES string of the molecule is [BiH3].[Co].[Cu].[LiH].[Nb].[Ni]. The molecule has 0 spiro atoms. The van der Waals surface area contributed by atoms with Crippen LogP contribution in [-0.4, -0.2) is 45.1 Å². The van der Waals surface area contributed by atoms with Crippen LogP contribution in [0.25, 0.3) is 0 Å². The van der Waals surface area contributed by atoms with Gasteiger partial charge in [0.15, 0.2) is 0 Å². The van der Waals surface area contributed by atoms with Gasteiger partial charge in [-0.3, -0.25) is 0 Å². The van der Waals surface area contributed by atoms with Crippen LogP contribution in [0.1, 0.15) is 0 Å². The Morgan fingerprint density at radius 2 is 1.00 bits per heavy atom. The first-order chi connectivity index (χ1) is 0. The van der Waals surface area contributed by atoms with E-state index in [9.17, 15) is 0 Å². The summed E-state index contributed by atoms with van der Waals surface area (Å²) >= 11 is 0. The summed E-state index contributed by atoms with van der Waals surface area (Å²) in [6, 6.07) is 0. The molecule has 0 saturated heterocycles. The maximum absolute atomic E-state index is 0. The summed E-state index contributed by atoms with van der Waals surface area (Å²) in [6.07, 6.45) is 0. The first kappa shape index (κ1) is 53.2. The van der Waals surface area contributed by atoms with Crippen LogP contribution in [0.3, 0.4) is 0 Å². The van der Waals surface area contributed by atoms with Crippen LogP contribution in [0.2, 0.25) is 0 Å². The summed E-state index contributed by atoms with van der Waals surface area (Å²) < 4.78 is 0. The van der Waals surface area contributed by atoms with Gasteiger partial charge < -0.3 is 0 Å². The van der Waals surface area contributed by atoms with Crippen molar-refractivity contribution in [2.75, 3.05) is 0 Å². The van der Waals surface area contributed by atoms with Gasteiger partial charge in [-0.15, -0.1) is 0 Å². The van der Waals surface area contributed by atoms with Crippen molar-refractivity contribution in [3.8, 4) is 0 Å². The summed E-state index contributed by atoms with van der Waals surface area (Å²) in [5, 5.41) is 0. The van der Waals surface area contributed by atoms with Gasteiger partial charge in [-0.05, 0) is 0 Å². The molecule has 0 aliphatic carbocycles. The number of hydrogen-bond donors (Lipinski definition) is 0. The molecule has 0 aromatic carbocycles. The third kappa shape index (κ3) is 25.1. The van der Waals surface area contributed by atoms with E-state index < -0.39 is 0 Å². The van der Waals surface area contributed by atoms with Crippen LogP contribution in [0.15, 0.2) is 0 Å². The van der Waals surface area contributed by atoms with E-state index >= 15 is 0 Å². The van der Waals surface area contributed by atoms with Crippen LogP contribution < -0.4 is 0 Å². The third-order valence-corrected chi connectivity index (χ3v) is 0. The molecule has 45 valence electrons.